The number of nitrogens with one attached hydrogen (secondary N) is 1. The van der Waals surface area contributed by atoms with Crippen molar-refractivity contribution in [2.45, 2.75) is 12.8 Å². The predicted molar refractivity (Wildman–Crippen MR) is 48.5 cm³/mol. The summed E-state index contributed by atoms with van der Waals surface area (Å²) in [6, 6.07) is 0. The summed E-state index contributed by atoms with van der Waals surface area (Å²) < 4.78 is 0. The normalized spacial score (nSPS) is 51.6. The first-order chi connectivity index (χ1) is 6.33. The fourth-order valence-corrected chi connectivity index (χ4v) is 3.78. The van der Waals surface area contributed by atoms with Gasteiger partial charge in [-0.2, -0.15) is 0 Å². The van der Waals surface area contributed by atoms with Crippen LogP contribution in [0.3, 0.4) is 0 Å². The van der Waals surface area contributed by atoms with Gasteiger partial charge in [0.25, 0.3) is 0 Å². The molecule has 0 spiro atoms. The zero-order chi connectivity index (χ0) is 9.00. The maximum absolute atomic E-state index is 11.5. The van der Waals surface area contributed by atoms with Crippen LogP contribution >= 0.6 is 0 Å². The summed E-state index contributed by atoms with van der Waals surface area (Å²) in [4.78, 5) is 11.5. The van der Waals surface area contributed by atoms with E-state index in [0.29, 0.717) is 23.7 Å². The monoisotopic (exact) mass is 175 g/mol. The molecule has 3 rings (SSSR count). The van der Waals surface area contributed by atoms with E-state index in [-0.39, 0.29) is 11.8 Å². The van der Waals surface area contributed by atoms with Crippen molar-refractivity contribution >= 4 is 5.91 Å². The lowest BCUT2D eigenvalue weighted by molar-refractivity contribution is -0.124. The molecule has 1 aliphatic heterocycles. The second-order valence-electron chi connectivity index (χ2n) is 4.53. The Balaban J connectivity index is 1.99. The number of terminal acetylenes is 1. The number of fused-ring (bicyclic) bond motifs is 5. The van der Waals surface area contributed by atoms with Crippen LogP contribution in [0.4, 0.5) is 0 Å². The van der Waals surface area contributed by atoms with E-state index >= 15 is 0 Å². The molecule has 2 aliphatic carbocycles. The average Bonchev–Trinajstić information content (AvgIpc) is 2.75. The van der Waals surface area contributed by atoms with Gasteiger partial charge in [-0.05, 0) is 30.6 Å². The summed E-state index contributed by atoms with van der Waals surface area (Å²) in [5.74, 6) is 5.53. The summed E-state index contributed by atoms with van der Waals surface area (Å²) >= 11 is 0. The molecule has 2 unspecified atom stereocenters. The summed E-state index contributed by atoms with van der Waals surface area (Å²) in [5.41, 5.74) is 0. The second-order valence-corrected chi connectivity index (χ2v) is 4.53. The molecule has 3 fully saturated rings. The number of carbonyl (C=O) groups excluding carboxylic acids is 1. The Morgan fingerprint density at radius 2 is 2.08 bits per heavy atom. The molecule has 2 heteroatoms. The Bertz CT molecular complexity index is 304. The molecule has 1 saturated heterocycles. The van der Waals surface area contributed by atoms with E-state index in [1.165, 1.54) is 12.8 Å². The van der Waals surface area contributed by atoms with Crippen LogP contribution in [0, 0.1) is 41.9 Å². The summed E-state index contributed by atoms with van der Waals surface area (Å²) in [6.07, 6.45) is 7.94. The van der Waals surface area contributed by atoms with E-state index in [1.807, 2.05) is 0 Å². The topological polar surface area (TPSA) is 29.1 Å². The minimum absolute atomic E-state index is 0.262. The molecular formula is C11H13NO. The summed E-state index contributed by atoms with van der Waals surface area (Å²) in [6.45, 7) is 0.878. The minimum Gasteiger partial charge on any atom is -0.356 e. The Morgan fingerprint density at radius 1 is 1.31 bits per heavy atom. The Morgan fingerprint density at radius 3 is 2.77 bits per heavy atom. The molecule has 2 bridgehead atoms. The van der Waals surface area contributed by atoms with Crippen molar-refractivity contribution in [1.82, 2.24) is 5.32 Å². The highest BCUT2D eigenvalue weighted by Crippen LogP contribution is 2.57. The van der Waals surface area contributed by atoms with Gasteiger partial charge in [0.05, 0.1) is 0 Å². The molecule has 0 radical (unpaired) electrons. The minimum atomic E-state index is 0.262. The molecule has 0 aromatic carbocycles. The van der Waals surface area contributed by atoms with Crippen LogP contribution in [0.25, 0.3) is 0 Å². The first-order valence-corrected chi connectivity index (χ1v) is 5.07. The third-order valence-corrected chi connectivity index (χ3v) is 4.24. The van der Waals surface area contributed by atoms with Crippen LogP contribution in [0.5, 0.6) is 0 Å². The van der Waals surface area contributed by atoms with E-state index in [1.54, 1.807) is 0 Å². The van der Waals surface area contributed by atoms with E-state index in [2.05, 4.69) is 11.2 Å². The zero-order valence-corrected chi connectivity index (χ0v) is 7.49. The molecular weight excluding hydrogens is 162 g/mol. The van der Waals surface area contributed by atoms with Gasteiger partial charge in [0.1, 0.15) is 0 Å². The SMILES string of the molecule is C#C[C@@H]1[C@@H]2CC[C@@H]1C1C(=O)NCC12. The first kappa shape index (κ1) is 7.44. The van der Waals surface area contributed by atoms with Crippen molar-refractivity contribution in [3.63, 3.8) is 0 Å². The molecule has 2 saturated carbocycles. The molecule has 5 atom stereocenters. The predicted octanol–water partition coefficient (Wildman–Crippen LogP) is 0.638. The lowest BCUT2D eigenvalue weighted by Crippen LogP contribution is -2.25. The van der Waals surface area contributed by atoms with Gasteiger partial charge in [0.2, 0.25) is 5.91 Å². The van der Waals surface area contributed by atoms with E-state index in [9.17, 15) is 4.79 Å². The van der Waals surface area contributed by atoms with Gasteiger partial charge < -0.3 is 5.32 Å². The van der Waals surface area contributed by atoms with Crippen molar-refractivity contribution < 1.29 is 4.79 Å². The number of amides is 1. The van der Waals surface area contributed by atoms with E-state index < -0.39 is 0 Å². The van der Waals surface area contributed by atoms with Gasteiger partial charge >= 0.3 is 0 Å². The molecule has 0 aromatic heterocycles. The molecule has 2 nitrogen and oxygen atoms in total. The highest BCUT2D eigenvalue weighted by Gasteiger charge is 2.58. The zero-order valence-electron chi connectivity index (χ0n) is 7.49. The number of hydrogen-bond donors (Lipinski definition) is 1. The van der Waals surface area contributed by atoms with Crippen LogP contribution in [-0.2, 0) is 4.79 Å². The highest BCUT2D eigenvalue weighted by atomic mass is 16.2. The van der Waals surface area contributed by atoms with Crippen molar-refractivity contribution in [3.05, 3.63) is 0 Å². The standard InChI is InChI=1S/C11H13NO/c1-2-6-7-3-4-8(6)10-9(7)5-12-11(10)13/h1,6-10H,3-5H2,(H,12,13)/t6-,7+,8+,9?,10?/m1/s1. The molecule has 13 heavy (non-hydrogen) atoms. The molecule has 0 aromatic rings. The van der Waals surface area contributed by atoms with E-state index in [4.69, 9.17) is 6.42 Å². The lowest BCUT2D eigenvalue weighted by atomic mass is 9.81. The summed E-state index contributed by atoms with van der Waals surface area (Å²) in [7, 11) is 0. The van der Waals surface area contributed by atoms with Gasteiger partial charge in [-0.1, -0.05) is 0 Å². The Kier molecular flexibility index (Phi) is 1.31. The van der Waals surface area contributed by atoms with Gasteiger partial charge in [-0.3, -0.25) is 4.79 Å². The first-order valence-electron chi connectivity index (χ1n) is 5.07. The molecule has 1 N–H and O–H groups in total. The third kappa shape index (κ3) is 0.733. The van der Waals surface area contributed by atoms with Gasteiger partial charge in [-0.15, -0.1) is 12.3 Å². The Labute approximate surface area is 78.1 Å². The van der Waals surface area contributed by atoms with Crippen molar-refractivity contribution in [3.8, 4) is 12.3 Å². The Hall–Kier alpha value is -0.970. The molecule has 68 valence electrons. The maximum Gasteiger partial charge on any atom is 0.223 e. The molecule has 1 amide bonds. The molecule has 3 aliphatic rings. The van der Waals surface area contributed by atoms with Gasteiger partial charge in [0, 0.05) is 18.4 Å². The summed E-state index contributed by atoms with van der Waals surface area (Å²) in [5, 5.41) is 2.96. The van der Waals surface area contributed by atoms with E-state index in [0.717, 1.165) is 6.54 Å². The van der Waals surface area contributed by atoms with Crippen LogP contribution in [0.2, 0.25) is 0 Å². The smallest absolute Gasteiger partial charge is 0.223 e. The fourth-order valence-electron chi connectivity index (χ4n) is 3.78. The van der Waals surface area contributed by atoms with Crippen molar-refractivity contribution in [2.24, 2.45) is 29.6 Å². The van der Waals surface area contributed by atoms with Crippen molar-refractivity contribution in [2.75, 3.05) is 6.54 Å². The van der Waals surface area contributed by atoms with Crippen molar-refractivity contribution in [1.29, 1.82) is 0 Å². The number of rotatable bonds is 0. The van der Waals surface area contributed by atoms with Crippen LogP contribution in [-0.4, -0.2) is 12.5 Å². The largest absolute Gasteiger partial charge is 0.356 e. The second kappa shape index (κ2) is 2.29. The fraction of sp³-hybridized carbons (Fsp3) is 0.727. The average molecular weight is 175 g/mol. The van der Waals surface area contributed by atoms with Crippen LogP contribution in [0.15, 0.2) is 0 Å². The maximum atomic E-state index is 11.5. The number of carbonyl (C=O) groups is 1. The third-order valence-electron chi connectivity index (χ3n) is 4.24. The van der Waals surface area contributed by atoms with Gasteiger partial charge in [-0.25, -0.2) is 0 Å². The quantitative estimate of drug-likeness (QED) is 0.538. The van der Waals surface area contributed by atoms with Crippen LogP contribution < -0.4 is 5.32 Å². The van der Waals surface area contributed by atoms with Crippen LogP contribution in [0.1, 0.15) is 12.8 Å². The van der Waals surface area contributed by atoms with Gasteiger partial charge in [0.15, 0.2) is 0 Å². The molecule has 1 heterocycles. The number of hydrogen-bond acceptors (Lipinski definition) is 1. The lowest BCUT2D eigenvalue weighted by Gasteiger charge is -2.20. The highest BCUT2D eigenvalue weighted by molar-refractivity contribution is 5.82.